The van der Waals surface area contributed by atoms with Gasteiger partial charge in [0.05, 0.1) is 21.7 Å². The zero-order valence-electron chi connectivity index (χ0n) is 16.0. The fraction of sp³-hybridized carbons (Fsp3) is 0.263. The molecule has 2 aromatic carbocycles. The van der Waals surface area contributed by atoms with Crippen molar-refractivity contribution in [1.82, 2.24) is 9.13 Å². The summed E-state index contributed by atoms with van der Waals surface area (Å²) in [4.78, 5) is 25.3. The van der Waals surface area contributed by atoms with Gasteiger partial charge in [-0.05, 0) is 43.3 Å². The number of alkyl halides is 3. The van der Waals surface area contributed by atoms with Crippen LogP contribution >= 0.6 is 23.4 Å². The van der Waals surface area contributed by atoms with E-state index in [0.29, 0.717) is 11.8 Å². The van der Waals surface area contributed by atoms with Crippen molar-refractivity contribution in [3.05, 3.63) is 51.9 Å². The first kappa shape index (κ1) is 22.3. The number of carbonyl (C=O) groups is 1. The molecule has 0 bridgehead atoms. The maximum atomic E-state index is 12.8. The van der Waals surface area contributed by atoms with Gasteiger partial charge in [0, 0.05) is 23.9 Å². The second-order valence-corrected chi connectivity index (χ2v) is 8.37. The summed E-state index contributed by atoms with van der Waals surface area (Å²) in [6.07, 6.45) is -5.13. The van der Waals surface area contributed by atoms with Crippen LogP contribution < -0.4 is 11.0 Å². The van der Waals surface area contributed by atoms with E-state index in [0.717, 1.165) is 15.9 Å². The predicted octanol–water partition coefficient (Wildman–Crippen LogP) is 3.93. The fourth-order valence-electron chi connectivity index (χ4n) is 2.72. The largest absolute Gasteiger partial charge is 0.426 e. The quantitative estimate of drug-likeness (QED) is 0.619. The molecule has 160 valence electrons. The Morgan fingerprint density at radius 2 is 1.63 bits per heavy atom. The van der Waals surface area contributed by atoms with E-state index in [1.165, 1.54) is 33.0 Å². The lowest BCUT2D eigenvalue weighted by Crippen LogP contribution is -2.52. The number of imidazole rings is 1. The molecule has 3 aromatic rings. The number of rotatable bonds is 4. The van der Waals surface area contributed by atoms with Crippen LogP contribution in [0, 0.1) is 0 Å². The molecule has 0 aliphatic rings. The second kappa shape index (κ2) is 7.68. The third kappa shape index (κ3) is 3.94. The monoisotopic (exact) mass is 459 g/mol. The Morgan fingerprint density at radius 1 is 1.07 bits per heavy atom. The van der Waals surface area contributed by atoms with Gasteiger partial charge in [0.1, 0.15) is 0 Å². The number of carbonyl (C=O) groups excluding carboxylic acids is 1. The average molecular weight is 460 g/mol. The van der Waals surface area contributed by atoms with Crippen molar-refractivity contribution < 1.29 is 23.1 Å². The second-order valence-electron chi connectivity index (χ2n) is 6.82. The van der Waals surface area contributed by atoms with Gasteiger partial charge in [-0.3, -0.25) is 13.9 Å². The molecule has 0 fully saturated rings. The maximum absolute atomic E-state index is 12.8. The summed E-state index contributed by atoms with van der Waals surface area (Å²) in [5.74, 6) is -1.63. The van der Waals surface area contributed by atoms with Crippen LogP contribution in [0.2, 0.25) is 5.02 Å². The number of hydrogen-bond donors (Lipinski definition) is 2. The Morgan fingerprint density at radius 3 is 2.23 bits per heavy atom. The Hall–Kier alpha value is -2.43. The van der Waals surface area contributed by atoms with E-state index in [9.17, 15) is 27.9 Å². The van der Waals surface area contributed by atoms with Crippen LogP contribution in [-0.4, -0.2) is 31.9 Å². The van der Waals surface area contributed by atoms with Gasteiger partial charge in [-0.1, -0.05) is 23.4 Å². The molecule has 1 aromatic heterocycles. The van der Waals surface area contributed by atoms with E-state index < -0.39 is 17.7 Å². The number of halogens is 4. The maximum Gasteiger partial charge on any atom is 0.426 e. The molecule has 0 radical (unpaired) electrons. The van der Waals surface area contributed by atoms with Crippen molar-refractivity contribution in [2.24, 2.45) is 14.1 Å². The lowest BCUT2D eigenvalue weighted by Gasteiger charge is -2.25. The van der Waals surface area contributed by atoms with Gasteiger partial charge in [0.2, 0.25) is 5.60 Å². The van der Waals surface area contributed by atoms with Gasteiger partial charge in [0.25, 0.3) is 5.91 Å². The Labute approximate surface area is 178 Å². The first-order valence-corrected chi connectivity index (χ1v) is 9.76. The van der Waals surface area contributed by atoms with Gasteiger partial charge in [-0.25, -0.2) is 4.79 Å². The summed E-state index contributed by atoms with van der Waals surface area (Å²) in [5.41, 5.74) is -2.23. The molecule has 2 N–H and O–H groups in total. The number of aliphatic hydroxyl groups is 1. The van der Waals surface area contributed by atoms with Crippen LogP contribution in [0.4, 0.5) is 18.9 Å². The summed E-state index contributed by atoms with van der Waals surface area (Å²) in [5, 5.41) is 11.5. The predicted molar refractivity (Wildman–Crippen MR) is 109 cm³/mol. The number of hydrogen-bond acceptors (Lipinski definition) is 4. The third-order valence-corrected chi connectivity index (χ3v) is 5.95. The number of amides is 1. The summed E-state index contributed by atoms with van der Waals surface area (Å²) in [6, 6.07) is 9.89. The molecule has 30 heavy (non-hydrogen) atoms. The van der Waals surface area contributed by atoms with E-state index in [1.54, 1.807) is 20.2 Å². The van der Waals surface area contributed by atoms with E-state index in [1.807, 2.05) is 23.5 Å². The van der Waals surface area contributed by atoms with Crippen molar-refractivity contribution >= 4 is 46.0 Å². The Kier molecular flexibility index (Phi) is 5.70. The minimum absolute atomic E-state index is 0.0134. The lowest BCUT2D eigenvalue weighted by molar-refractivity contribution is -0.242. The average Bonchev–Trinajstić information content (AvgIpc) is 2.87. The number of benzene rings is 2. The van der Waals surface area contributed by atoms with E-state index in [2.05, 4.69) is 0 Å². The van der Waals surface area contributed by atoms with Crippen molar-refractivity contribution in [1.29, 1.82) is 0 Å². The highest BCUT2D eigenvalue weighted by Crippen LogP contribution is 2.35. The van der Waals surface area contributed by atoms with Crippen LogP contribution in [-0.2, 0) is 18.9 Å². The number of anilines is 1. The minimum atomic E-state index is -5.13. The third-order valence-electron chi connectivity index (χ3n) is 4.66. The van der Waals surface area contributed by atoms with E-state index in [4.69, 9.17) is 11.6 Å². The highest BCUT2D eigenvalue weighted by Gasteiger charge is 2.55. The number of nitrogens with one attached hydrogen (secondary N) is 1. The van der Waals surface area contributed by atoms with Crippen molar-refractivity contribution in [2.75, 3.05) is 5.32 Å². The van der Waals surface area contributed by atoms with Crippen LogP contribution in [0.1, 0.15) is 6.92 Å². The molecule has 11 heteroatoms. The van der Waals surface area contributed by atoms with Gasteiger partial charge in [0.15, 0.2) is 0 Å². The molecule has 1 heterocycles. The molecule has 0 saturated carbocycles. The van der Waals surface area contributed by atoms with E-state index in [-0.39, 0.29) is 16.4 Å². The van der Waals surface area contributed by atoms with Crippen molar-refractivity contribution in [3.8, 4) is 0 Å². The van der Waals surface area contributed by atoms with Crippen LogP contribution in [0.3, 0.4) is 0 Å². The molecule has 3 rings (SSSR count). The van der Waals surface area contributed by atoms with Crippen LogP contribution in [0.5, 0.6) is 0 Å². The number of nitrogens with zero attached hydrogens (tertiary/aromatic N) is 2. The lowest BCUT2D eigenvalue weighted by atomic mass is 10.1. The zero-order chi connectivity index (χ0) is 22.4. The highest BCUT2D eigenvalue weighted by molar-refractivity contribution is 7.99. The molecule has 0 unspecified atom stereocenters. The summed E-state index contributed by atoms with van der Waals surface area (Å²) >= 11 is 7.44. The van der Waals surface area contributed by atoms with E-state index >= 15 is 0 Å². The fourth-order valence-corrected chi connectivity index (χ4v) is 3.90. The Bertz CT molecular complexity index is 1200. The molecule has 1 atom stereocenters. The summed E-state index contributed by atoms with van der Waals surface area (Å²) in [7, 11) is 3.35. The van der Waals surface area contributed by atoms with Gasteiger partial charge < -0.3 is 10.4 Å². The van der Waals surface area contributed by atoms with Crippen molar-refractivity contribution in [3.63, 3.8) is 0 Å². The number of aromatic nitrogens is 2. The molecule has 6 nitrogen and oxygen atoms in total. The molecule has 0 aliphatic carbocycles. The normalized spacial score (nSPS) is 14.0. The summed E-state index contributed by atoms with van der Waals surface area (Å²) < 4.78 is 41.4. The van der Waals surface area contributed by atoms with Crippen LogP contribution in [0.25, 0.3) is 11.0 Å². The molecular weight excluding hydrogens is 443 g/mol. The summed E-state index contributed by atoms with van der Waals surface area (Å²) in [6.45, 7) is 0.369. The van der Waals surface area contributed by atoms with Crippen molar-refractivity contribution in [2.45, 2.75) is 28.5 Å². The van der Waals surface area contributed by atoms with Crippen LogP contribution in [0.15, 0.2) is 51.0 Å². The minimum Gasteiger partial charge on any atom is -0.373 e. The molecule has 0 spiro atoms. The topological polar surface area (TPSA) is 76.3 Å². The number of aryl methyl sites for hydroxylation is 2. The number of fused-ring (bicyclic) bond motifs is 1. The smallest absolute Gasteiger partial charge is 0.373 e. The van der Waals surface area contributed by atoms with Gasteiger partial charge in [-0.2, -0.15) is 13.2 Å². The standard InChI is InChI=1S/C19H17ClF3N3O3S/c1-18(29,19(21,22)23)16(27)24-13-6-4-10(8-12(13)20)30-11-5-7-14-15(9-11)26(3)17(28)25(14)2/h4-9,29H,1-3H3,(H,24,27)/t18-/m1/s1. The highest BCUT2D eigenvalue weighted by atomic mass is 35.5. The molecule has 0 saturated heterocycles. The molecule has 0 aliphatic heterocycles. The Balaban J connectivity index is 1.82. The molecule has 1 amide bonds. The molecular formula is C19H17ClF3N3O3S. The van der Waals surface area contributed by atoms with Gasteiger partial charge >= 0.3 is 11.9 Å². The van der Waals surface area contributed by atoms with Gasteiger partial charge in [-0.15, -0.1) is 0 Å². The zero-order valence-corrected chi connectivity index (χ0v) is 17.6. The first-order chi connectivity index (χ1) is 13.8. The SMILES string of the molecule is Cn1c(=O)n(C)c2cc(Sc3ccc(NC(=O)[C@@](C)(O)C(F)(F)F)c(Cl)c3)ccc21. The first-order valence-electron chi connectivity index (χ1n) is 8.56.